The SMILES string of the molecule is CCOC1(C(CC(CC)CC)NC)CCC(C)(C)CC1. The third-order valence-electron chi connectivity index (χ3n) is 5.59. The molecule has 0 aliphatic heterocycles. The van der Waals surface area contributed by atoms with Crippen molar-refractivity contribution in [1.29, 1.82) is 0 Å². The van der Waals surface area contributed by atoms with Crippen LogP contribution in [0.3, 0.4) is 0 Å². The Morgan fingerprint density at radius 1 is 1.00 bits per heavy atom. The Morgan fingerprint density at radius 3 is 1.95 bits per heavy atom. The normalized spacial score (nSPS) is 22.9. The molecule has 1 unspecified atom stereocenters. The van der Waals surface area contributed by atoms with E-state index in [0.29, 0.717) is 11.5 Å². The Balaban J connectivity index is 2.81. The van der Waals surface area contributed by atoms with Gasteiger partial charge in [0.2, 0.25) is 0 Å². The van der Waals surface area contributed by atoms with Gasteiger partial charge in [-0.1, -0.05) is 40.5 Å². The first-order valence-corrected chi connectivity index (χ1v) is 8.74. The molecular weight excluding hydrogens is 246 g/mol. The summed E-state index contributed by atoms with van der Waals surface area (Å²) in [7, 11) is 2.12. The summed E-state index contributed by atoms with van der Waals surface area (Å²) in [4.78, 5) is 0. The second-order valence-corrected chi connectivity index (χ2v) is 7.42. The van der Waals surface area contributed by atoms with Gasteiger partial charge in [0.15, 0.2) is 0 Å². The largest absolute Gasteiger partial charge is 0.374 e. The van der Waals surface area contributed by atoms with Crippen molar-refractivity contribution in [2.24, 2.45) is 11.3 Å². The van der Waals surface area contributed by atoms with Crippen LogP contribution in [0.2, 0.25) is 0 Å². The van der Waals surface area contributed by atoms with E-state index in [-0.39, 0.29) is 5.60 Å². The van der Waals surface area contributed by atoms with Gasteiger partial charge in [0.1, 0.15) is 0 Å². The molecule has 0 aromatic carbocycles. The van der Waals surface area contributed by atoms with Crippen molar-refractivity contribution in [3.8, 4) is 0 Å². The van der Waals surface area contributed by atoms with Crippen LogP contribution >= 0.6 is 0 Å². The van der Waals surface area contributed by atoms with Gasteiger partial charge in [-0.3, -0.25) is 0 Å². The van der Waals surface area contributed by atoms with Crippen LogP contribution in [-0.2, 0) is 4.74 Å². The van der Waals surface area contributed by atoms with E-state index in [2.05, 4.69) is 47.0 Å². The van der Waals surface area contributed by atoms with Gasteiger partial charge in [-0.2, -0.15) is 0 Å². The van der Waals surface area contributed by atoms with Gasteiger partial charge < -0.3 is 10.1 Å². The topological polar surface area (TPSA) is 21.3 Å². The summed E-state index contributed by atoms with van der Waals surface area (Å²) in [6.07, 6.45) is 8.80. The monoisotopic (exact) mass is 283 g/mol. The fraction of sp³-hybridized carbons (Fsp3) is 1.00. The standard InChI is InChI=1S/C18H37NO/c1-7-15(8-2)14-16(19-6)18(20-9-3)12-10-17(4,5)11-13-18/h15-16,19H,7-14H2,1-6H3. The fourth-order valence-electron chi connectivity index (χ4n) is 3.78. The number of ether oxygens (including phenoxy) is 1. The molecule has 1 atom stereocenters. The number of hydrogen-bond donors (Lipinski definition) is 1. The molecule has 0 aromatic heterocycles. The van der Waals surface area contributed by atoms with E-state index in [1.165, 1.54) is 44.9 Å². The molecule has 1 rings (SSSR count). The average molecular weight is 284 g/mol. The highest BCUT2D eigenvalue weighted by Gasteiger charge is 2.44. The second-order valence-electron chi connectivity index (χ2n) is 7.42. The van der Waals surface area contributed by atoms with E-state index < -0.39 is 0 Å². The number of nitrogens with one attached hydrogen (secondary N) is 1. The maximum Gasteiger partial charge on any atom is 0.0834 e. The molecule has 0 heterocycles. The van der Waals surface area contributed by atoms with Crippen molar-refractivity contribution in [2.75, 3.05) is 13.7 Å². The molecule has 0 radical (unpaired) electrons. The zero-order chi connectivity index (χ0) is 15.2. The van der Waals surface area contributed by atoms with E-state index >= 15 is 0 Å². The van der Waals surface area contributed by atoms with Gasteiger partial charge in [0.25, 0.3) is 0 Å². The van der Waals surface area contributed by atoms with Crippen LogP contribution < -0.4 is 5.32 Å². The molecule has 1 saturated carbocycles. The van der Waals surface area contributed by atoms with Crippen LogP contribution in [-0.4, -0.2) is 25.3 Å². The molecule has 2 nitrogen and oxygen atoms in total. The highest BCUT2D eigenvalue weighted by Crippen LogP contribution is 2.44. The lowest BCUT2D eigenvalue weighted by atomic mass is 9.67. The summed E-state index contributed by atoms with van der Waals surface area (Å²) >= 11 is 0. The van der Waals surface area contributed by atoms with Crippen molar-refractivity contribution in [3.05, 3.63) is 0 Å². The van der Waals surface area contributed by atoms with Crippen molar-refractivity contribution in [3.63, 3.8) is 0 Å². The Labute approximate surface area is 127 Å². The van der Waals surface area contributed by atoms with Gasteiger partial charge in [-0.15, -0.1) is 0 Å². The second kappa shape index (κ2) is 7.79. The van der Waals surface area contributed by atoms with Gasteiger partial charge >= 0.3 is 0 Å². The third kappa shape index (κ3) is 4.46. The lowest BCUT2D eigenvalue weighted by Crippen LogP contribution is -2.55. The molecule has 0 aromatic rings. The molecule has 0 amide bonds. The molecule has 20 heavy (non-hydrogen) atoms. The lowest BCUT2D eigenvalue weighted by molar-refractivity contribution is -0.109. The maximum absolute atomic E-state index is 6.34. The summed E-state index contributed by atoms with van der Waals surface area (Å²) in [5.41, 5.74) is 0.565. The van der Waals surface area contributed by atoms with Crippen LogP contribution in [0.1, 0.15) is 79.6 Å². The number of hydrogen-bond acceptors (Lipinski definition) is 2. The molecule has 1 N–H and O–H groups in total. The molecular formula is C18H37NO. The van der Waals surface area contributed by atoms with Crippen molar-refractivity contribution in [1.82, 2.24) is 5.32 Å². The summed E-state index contributed by atoms with van der Waals surface area (Å²) in [6, 6.07) is 0.503. The minimum absolute atomic E-state index is 0.0710. The van der Waals surface area contributed by atoms with E-state index in [1.807, 2.05) is 0 Å². The molecule has 1 aliphatic rings. The van der Waals surface area contributed by atoms with E-state index in [4.69, 9.17) is 4.74 Å². The zero-order valence-electron chi connectivity index (χ0n) is 14.7. The summed E-state index contributed by atoms with van der Waals surface area (Å²) in [5, 5.41) is 3.60. The lowest BCUT2D eigenvalue weighted by Gasteiger charge is -2.48. The van der Waals surface area contributed by atoms with E-state index in [0.717, 1.165) is 12.5 Å². The predicted octanol–water partition coefficient (Wildman–Crippen LogP) is 4.78. The molecule has 1 aliphatic carbocycles. The Bertz CT molecular complexity index is 261. The van der Waals surface area contributed by atoms with Crippen LogP contribution in [0.25, 0.3) is 0 Å². The molecule has 2 heteroatoms. The molecule has 0 spiro atoms. The van der Waals surface area contributed by atoms with Crippen molar-refractivity contribution < 1.29 is 4.74 Å². The zero-order valence-corrected chi connectivity index (χ0v) is 14.7. The average Bonchev–Trinajstić information content (AvgIpc) is 2.43. The highest BCUT2D eigenvalue weighted by atomic mass is 16.5. The number of likely N-dealkylation sites (N-methyl/N-ethyl adjacent to an activating group) is 1. The smallest absolute Gasteiger partial charge is 0.0834 e. The van der Waals surface area contributed by atoms with Crippen LogP contribution in [0.15, 0.2) is 0 Å². The summed E-state index contributed by atoms with van der Waals surface area (Å²) < 4.78 is 6.34. The van der Waals surface area contributed by atoms with E-state index in [1.54, 1.807) is 0 Å². The first-order chi connectivity index (χ1) is 9.43. The first kappa shape index (κ1) is 18.0. The minimum atomic E-state index is 0.0710. The first-order valence-electron chi connectivity index (χ1n) is 8.74. The van der Waals surface area contributed by atoms with Crippen LogP contribution in [0.4, 0.5) is 0 Å². The minimum Gasteiger partial charge on any atom is -0.374 e. The Kier molecular flexibility index (Phi) is 7.00. The summed E-state index contributed by atoms with van der Waals surface area (Å²) in [6.45, 7) is 12.4. The van der Waals surface area contributed by atoms with Gasteiger partial charge in [0.05, 0.1) is 5.60 Å². The third-order valence-corrected chi connectivity index (χ3v) is 5.59. The molecule has 0 bridgehead atoms. The number of rotatable bonds is 8. The van der Waals surface area contributed by atoms with Gasteiger partial charge in [-0.05, 0) is 57.4 Å². The molecule has 120 valence electrons. The van der Waals surface area contributed by atoms with Crippen LogP contribution in [0, 0.1) is 11.3 Å². The quantitative estimate of drug-likeness (QED) is 0.692. The predicted molar refractivity (Wildman–Crippen MR) is 88.1 cm³/mol. The maximum atomic E-state index is 6.34. The fourth-order valence-corrected chi connectivity index (χ4v) is 3.78. The molecule has 1 fully saturated rings. The van der Waals surface area contributed by atoms with E-state index in [9.17, 15) is 0 Å². The highest BCUT2D eigenvalue weighted by molar-refractivity contribution is 4.99. The Morgan fingerprint density at radius 2 is 1.55 bits per heavy atom. The van der Waals surface area contributed by atoms with Gasteiger partial charge in [-0.25, -0.2) is 0 Å². The Hall–Kier alpha value is -0.0800. The van der Waals surface area contributed by atoms with Crippen LogP contribution in [0.5, 0.6) is 0 Å². The molecule has 0 saturated heterocycles. The summed E-state index contributed by atoms with van der Waals surface area (Å²) in [5.74, 6) is 0.819. The van der Waals surface area contributed by atoms with Crippen molar-refractivity contribution >= 4 is 0 Å². The van der Waals surface area contributed by atoms with Crippen molar-refractivity contribution in [2.45, 2.75) is 91.2 Å². The van der Waals surface area contributed by atoms with Gasteiger partial charge in [0, 0.05) is 12.6 Å².